The summed E-state index contributed by atoms with van der Waals surface area (Å²) in [6.07, 6.45) is 4.60. The predicted octanol–water partition coefficient (Wildman–Crippen LogP) is 4.50. The van der Waals surface area contributed by atoms with Crippen LogP contribution in [0.4, 0.5) is 0 Å². The van der Waals surface area contributed by atoms with Gasteiger partial charge in [0.1, 0.15) is 5.01 Å². The molecule has 0 radical (unpaired) electrons. The standard InChI is InChI=1S/C21H31N3S/c1-4-13-22-21(20-23-19(5-2)17(3)25-20)12-9-14-24(16-21)15-18-10-7-6-8-11-18/h6-8,10-11,22H,4-5,9,12-16H2,1-3H3. The van der Waals surface area contributed by atoms with Crippen LogP contribution in [0.2, 0.25) is 0 Å². The highest BCUT2D eigenvalue weighted by Crippen LogP contribution is 2.36. The Bertz CT molecular complexity index is 667. The van der Waals surface area contributed by atoms with Crippen molar-refractivity contribution >= 4 is 11.3 Å². The maximum Gasteiger partial charge on any atom is 0.115 e. The van der Waals surface area contributed by atoms with E-state index in [4.69, 9.17) is 4.98 Å². The molecule has 2 aromatic rings. The third-order valence-electron chi connectivity index (χ3n) is 5.17. The number of aromatic nitrogens is 1. The Balaban J connectivity index is 1.83. The molecule has 4 heteroatoms. The molecule has 1 aliphatic heterocycles. The summed E-state index contributed by atoms with van der Waals surface area (Å²) in [5.41, 5.74) is 2.70. The van der Waals surface area contributed by atoms with E-state index < -0.39 is 0 Å². The average molecular weight is 358 g/mol. The van der Waals surface area contributed by atoms with Crippen LogP contribution >= 0.6 is 11.3 Å². The van der Waals surface area contributed by atoms with Gasteiger partial charge in [0.25, 0.3) is 0 Å². The second-order valence-electron chi connectivity index (χ2n) is 7.18. The second kappa shape index (κ2) is 8.43. The van der Waals surface area contributed by atoms with Gasteiger partial charge in [-0.15, -0.1) is 11.3 Å². The Kier molecular flexibility index (Phi) is 6.26. The minimum absolute atomic E-state index is 0.0197. The minimum Gasteiger partial charge on any atom is -0.304 e. The minimum atomic E-state index is 0.0197. The summed E-state index contributed by atoms with van der Waals surface area (Å²) in [7, 11) is 0. The number of aryl methyl sites for hydroxylation is 2. The first-order valence-corrected chi connectivity index (χ1v) is 10.5. The second-order valence-corrected chi connectivity index (χ2v) is 8.39. The van der Waals surface area contributed by atoms with Crippen LogP contribution in [0.5, 0.6) is 0 Å². The van der Waals surface area contributed by atoms with Crippen molar-refractivity contribution in [2.75, 3.05) is 19.6 Å². The first-order valence-electron chi connectivity index (χ1n) is 9.65. The van der Waals surface area contributed by atoms with E-state index in [2.05, 4.69) is 61.3 Å². The molecule has 1 aromatic carbocycles. The van der Waals surface area contributed by atoms with Crippen molar-refractivity contribution in [2.24, 2.45) is 0 Å². The molecule has 0 amide bonds. The molecule has 0 saturated carbocycles. The number of nitrogens with zero attached hydrogens (tertiary/aromatic N) is 2. The van der Waals surface area contributed by atoms with Gasteiger partial charge in [0.2, 0.25) is 0 Å². The van der Waals surface area contributed by atoms with Gasteiger partial charge >= 0.3 is 0 Å². The lowest BCUT2D eigenvalue weighted by Crippen LogP contribution is -2.54. The van der Waals surface area contributed by atoms with E-state index in [0.29, 0.717) is 0 Å². The van der Waals surface area contributed by atoms with Crippen LogP contribution in [0.3, 0.4) is 0 Å². The van der Waals surface area contributed by atoms with Gasteiger partial charge in [-0.05, 0) is 51.3 Å². The smallest absolute Gasteiger partial charge is 0.115 e. The SMILES string of the molecule is CCCNC1(c2nc(CC)c(C)s2)CCCN(Cc2ccccc2)C1. The van der Waals surface area contributed by atoms with Crippen LogP contribution < -0.4 is 5.32 Å². The van der Waals surface area contributed by atoms with Gasteiger partial charge in [-0.25, -0.2) is 4.98 Å². The third kappa shape index (κ3) is 4.30. The first-order chi connectivity index (χ1) is 12.2. The molecule has 25 heavy (non-hydrogen) atoms. The van der Waals surface area contributed by atoms with E-state index in [-0.39, 0.29) is 5.54 Å². The molecule has 1 saturated heterocycles. The number of hydrogen-bond acceptors (Lipinski definition) is 4. The maximum absolute atomic E-state index is 5.05. The van der Waals surface area contributed by atoms with Crippen molar-refractivity contribution in [1.29, 1.82) is 0 Å². The lowest BCUT2D eigenvalue weighted by atomic mass is 9.89. The maximum atomic E-state index is 5.05. The number of benzene rings is 1. The molecule has 3 nitrogen and oxygen atoms in total. The van der Waals surface area contributed by atoms with Crippen LogP contribution in [0.15, 0.2) is 30.3 Å². The summed E-state index contributed by atoms with van der Waals surface area (Å²) in [6, 6.07) is 10.8. The van der Waals surface area contributed by atoms with Crippen molar-refractivity contribution < 1.29 is 0 Å². The summed E-state index contributed by atoms with van der Waals surface area (Å²) < 4.78 is 0. The molecule has 3 rings (SSSR count). The number of rotatable bonds is 7. The van der Waals surface area contributed by atoms with Crippen LogP contribution in [0, 0.1) is 6.92 Å². The van der Waals surface area contributed by atoms with E-state index in [0.717, 1.165) is 32.5 Å². The quantitative estimate of drug-likeness (QED) is 0.790. The molecule has 0 bridgehead atoms. The largest absolute Gasteiger partial charge is 0.304 e. The molecule has 0 aliphatic carbocycles. The first kappa shape index (κ1) is 18.6. The highest BCUT2D eigenvalue weighted by atomic mass is 32.1. The molecule has 1 fully saturated rings. The molecule has 1 N–H and O–H groups in total. The number of piperidine rings is 1. The highest BCUT2D eigenvalue weighted by Gasteiger charge is 2.39. The van der Waals surface area contributed by atoms with Crippen LogP contribution in [-0.2, 0) is 18.5 Å². The molecule has 1 unspecified atom stereocenters. The summed E-state index contributed by atoms with van der Waals surface area (Å²) in [5.74, 6) is 0. The Morgan fingerprint density at radius 2 is 2.04 bits per heavy atom. The zero-order valence-electron chi connectivity index (χ0n) is 15.8. The van der Waals surface area contributed by atoms with Crippen LogP contribution in [0.25, 0.3) is 0 Å². The Labute approximate surface area is 156 Å². The van der Waals surface area contributed by atoms with Gasteiger partial charge < -0.3 is 5.32 Å². The van der Waals surface area contributed by atoms with Gasteiger partial charge in [-0.1, -0.05) is 44.2 Å². The number of hydrogen-bond donors (Lipinski definition) is 1. The van der Waals surface area contributed by atoms with E-state index >= 15 is 0 Å². The van der Waals surface area contributed by atoms with E-state index in [9.17, 15) is 0 Å². The topological polar surface area (TPSA) is 28.2 Å². The molecular weight excluding hydrogens is 326 g/mol. The van der Waals surface area contributed by atoms with Crippen LogP contribution in [-0.4, -0.2) is 29.5 Å². The van der Waals surface area contributed by atoms with Crippen molar-refractivity contribution in [3.05, 3.63) is 51.5 Å². The van der Waals surface area contributed by atoms with Crippen molar-refractivity contribution in [1.82, 2.24) is 15.2 Å². The Morgan fingerprint density at radius 3 is 2.72 bits per heavy atom. The van der Waals surface area contributed by atoms with Gasteiger partial charge in [0, 0.05) is 18.0 Å². The molecule has 2 heterocycles. The molecule has 136 valence electrons. The monoisotopic (exact) mass is 357 g/mol. The van der Waals surface area contributed by atoms with E-state index in [1.165, 1.54) is 40.5 Å². The predicted molar refractivity (Wildman–Crippen MR) is 107 cm³/mol. The Hall–Kier alpha value is -1.23. The highest BCUT2D eigenvalue weighted by molar-refractivity contribution is 7.11. The molecular formula is C21H31N3S. The van der Waals surface area contributed by atoms with Gasteiger partial charge in [-0.3, -0.25) is 4.90 Å². The summed E-state index contributed by atoms with van der Waals surface area (Å²) >= 11 is 1.90. The fraction of sp³-hybridized carbons (Fsp3) is 0.571. The number of likely N-dealkylation sites (tertiary alicyclic amines) is 1. The fourth-order valence-electron chi connectivity index (χ4n) is 3.84. The molecule has 1 aliphatic rings. The number of nitrogens with one attached hydrogen (secondary N) is 1. The lowest BCUT2D eigenvalue weighted by Gasteiger charge is -2.42. The normalized spacial score (nSPS) is 21.6. The average Bonchev–Trinajstić information content (AvgIpc) is 3.03. The van der Waals surface area contributed by atoms with E-state index in [1.54, 1.807) is 0 Å². The van der Waals surface area contributed by atoms with Gasteiger partial charge in [0.15, 0.2) is 0 Å². The van der Waals surface area contributed by atoms with Gasteiger partial charge in [0.05, 0.1) is 11.2 Å². The lowest BCUT2D eigenvalue weighted by molar-refractivity contribution is 0.114. The summed E-state index contributed by atoms with van der Waals surface area (Å²) in [6.45, 7) is 11.0. The van der Waals surface area contributed by atoms with E-state index in [1.807, 2.05) is 11.3 Å². The summed E-state index contributed by atoms with van der Waals surface area (Å²) in [5, 5.41) is 5.19. The van der Waals surface area contributed by atoms with Crippen molar-refractivity contribution in [3.8, 4) is 0 Å². The van der Waals surface area contributed by atoms with Gasteiger partial charge in [-0.2, -0.15) is 0 Å². The van der Waals surface area contributed by atoms with Crippen molar-refractivity contribution in [2.45, 2.75) is 58.5 Å². The van der Waals surface area contributed by atoms with Crippen LogP contribution in [0.1, 0.15) is 54.3 Å². The Morgan fingerprint density at radius 1 is 1.24 bits per heavy atom. The van der Waals surface area contributed by atoms with Crippen molar-refractivity contribution in [3.63, 3.8) is 0 Å². The molecule has 1 aromatic heterocycles. The number of thiazole rings is 1. The summed E-state index contributed by atoms with van der Waals surface area (Å²) in [4.78, 5) is 9.03. The fourth-order valence-corrected chi connectivity index (χ4v) is 5.03. The molecule has 1 atom stereocenters. The zero-order valence-corrected chi connectivity index (χ0v) is 16.7. The zero-order chi connectivity index (χ0) is 17.7. The molecule has 0 spiro atoms. The third-order valence-corrected chi connectivity index (χ3v) is 6.39.